The van der Waals surface area contributed by atoms with Crippen molar-refractivity contribution in [2.24, 2.45) is 0 Å². The average molecular weight is 247 g/mol. The predicted molar refractivity (Wildman–Crippen MR) is 75.8 cm³/mol. The summed E-state index contributed by atoms with van der Waals surface area (Å²) in [6.07, 6.45) is 0.605. The Bertz CT molecular complexity index is 371. The molecule has 0 aromatic heterocycles. The van der Waals surface area contributed by atoms with Crippen molar-refractivity contribution in [3.8, 4) is 0 Å². The predicted octanol–water partition coefficient (Wildman–Crippen LogP) is 1.57. The fraction of sp³-hybridized carbons (Fsp3) is 0.533. The molecule has 18 heavy (non-hydrogen) atoms. The molecule has 0 saturated carbocycles. The maximum Gasteiger partial charge on any atom is 0.0668 e. The molecular weight excluding hydrogens is 224 g/mol. The second-order valence-corrected chi connectivity index (χ2v) is 4.92. The Hall–Kier alpha value is -1.06. The van der Waals surface area contributed by atoms with Gasteiger partial charge in [-0.15, -0.1) is 0 Å². The summed E-state index contributed by atoms with van der Waals surface area (Å²) in [7, 11) is 0. The lowest BCUT2D eigenvalue weighted by atomic mass is 10.1. The van der Waals surface area contributed by atoms with E-state index in [1.807, 2.05) is 0 Å². The fourth-order valence-electron chi connectivity index (χ4n) is 2.59. The molecule has 2 rings (SSSR count). The van der Waals surface area contributed by atoms with Gasteiger partial charge in [0.2, 0.25) is 0 Å². The van der Waals surface area contributed by atoms with Crippen LogP contribution in [0.4, 0.5) is 5.69 Å². The average Bonchev–Trinajstić information content (AvgIpc) is 2.39. The zero-order valence-electron chi connectivity index (χ0n) is 11.2. The minimum Gasteiger partial charge on any atom is -0.392 e. The largest absolute Gasteiger partial charge is 0.392 e. The van der Waals surface area contributed by atoms with Gasteiger partial charge in [0.25, 0.3) is 0 Å². The smallest absolute Gasteiger partial charge is 0.0668 e. The molecule has 3 nitrogen and oxygen atoms in total. The SMILES string of the molecule is [CH2]C(O)CN1CCN(c2ccccc2CC)CC1. The molecule has 1 atom stereocenters. The van der Waals surface area contributed by atoms with Gasteiger partial charge < -0.3 is 10.0 Å². The lowest BCUT2D eigenvalue weighted by Gasteiger charge is -2.37. The van der Waals surface area contributed by atoms with E-state index >= 15 is 0 Å². The summed E-state index contributed by atoms with van der Waals surface area (Å²) in [4.78, 5) is 4.73. The minimum absolute atomic E-state index is 0.473. The van der Waals surface area contributed by atoms with Crippen molar-refractivity contribution in [1.29, 1.82) is 0 Å². The van der Waals surface area contributed by atoms with Crippen molar-refractivity contribution < 1.29 is 5.11 Å². The van der Waals surface area contributed by atoms with E-state index in [1.54, 1.807) is 0 Å². The third-order valence-electron chi connectivity index (χ3n) is 3.55. The van der Waals surface area contributed by atoms with E-state index in [0.29, 0.717) is 6.54 Å². The maximum atomic E-state index is 9.30. The Morgan fingerprint density at radius 1 is 1.22 bits per heavy atom. The van der Waals surface area contributed by atoms with Gasteiger partial charge in [-0.2, -0.15) is 0 Å². The Morgan fingerprint density at radius 3 is 2.50 bits per heavy atom. The van der Waals surface area contributed by atoms with E-state index in [-0.39, 0.29) is 0 Å². The summed E-state index contributed by atoms with van der Waals surface area (Å²) in [5, 5.41) is 9.30. The van der Waals surface area contributed by atoms with Crippen molar-refractivity contribution in [3.63, 3.8) is 0 Å². The molecule has 1 saturated heterocycles. The molecule has 1 fully saturated rings. The number of nitrogens with zero attached hydrogens (tertiary/aromatic N) is 2. The van der Waals surface area contributed by atoms with E-state index in [1.165, 1.54) is 11.3 Å². The van der Waals surface area contributed by atoms with Crippen LogP contribution >= 0.6 is 0 Å². The highest BCUT2D eigenvalue weighted by Crippen LogP contribution is 2.22. The summed E-state index contributed by atoms with van der Waals surface area (Å²) < 4.78 is 0. The van der Waals surface area contributed by atoms with Gasteiger partial charge in [-0.25, -0.2) is 0 Å². The van der Waals surface area contributed by atoms with Crippen LogP contribution in [0.15, 0.2) is 24.3 Å². The summed E-state index contributed by atoms with van der Waals surface area (Å²) in [5.41, 5.74) is 2.79. The number of aliphatic hydroxyl groups excluding tert-OH is 1. The number of rotatable bonds is 4. The molecule has 0 bridgehead atoms. The quantitative estimate of drug-likeness (QED) is 0.875. The van der Waals surface area contributed by atoms with Crippen LogP contribution in [0.25, 0.3) is 0 Å². The molecule has 1 N–H and O–H groups in total. The standard InChI is InChI=1S/C15H23N2O/c1-3-14-6-4-5-7-15(14)17-10-8-16(9-11-17)12-13(2)18/h4-7,13,18H,2-3,8-12H2,1H3. The Kier molecular flexibility index (Phi) is 4.61. The molecule has 3 heteroatoms. The lowest BCUT2D eigenvalue weighted by molar-refractivity contribution is 0.140. The highest BCUT2D eigenvalue weighted by Gasteiger charge is 2.19. The normalized spacial score (nSPS) is 18.9. The van der Waals surface area contributed by atoms with Crippen LogP contribution in [0.3, 0.4) is 0 Å². The van der Waals surface area contributed by atoms with Crippen LogP contribution in [0.1, 0.15) is 12.5 Å². The monoisotopic (exact) mass is 247 g/mol. The summed E-state index contributed by atoms with van der Waals surface area (Å²) in [6, 6.07) is 8.64. The number of benzene rings is 1. The number of aliphatic hydroxyl groups is 1. The topological polar surface area (TPSA) is 26.7 Å². The van der Waals surface area contributed by atoms with E-state index in [2.05, 4.69) is 47.9 Å². The van der Waals surface area contributed by atoms with Crippen LogP contribution in [0.2, 0.25) is 0 Å². The van der Waals surface area contributed by atoms with E-state index in [0.717, 1.165) is 32.6 Å². The van der Waals surface area contributed by atoms with Crippen LogP contribution < -0.4 is 4.90 Å². The number of piperazine rings is 1. The molecule has 99 valence electrons. The van der Waals surface area contributed by atoms with E-state index < -0.39 is 6.10 Å². The molecule has 1 heterocycles. The molecule has 1 aromatic carbocycles. The number of aryl methyl sites for hydroxylation is 1. The molecule has 0 spiro atoms. The third-order valence-corrected chi connectivity index (χ3v) is 3.55. The number of β-amino-alcohol motifs (C(OH)–C–C–N with tert-alkyl or cyclic N) is 1. The van der Waals surface area contributed by atoms with Crippen LogP contribution in [-0.2, 0) is 6.42 Å². The molecular formula is C15H23N2O. The zero-order chi connectivity index (χ0) is 13.0. The van der Waals surface area contributed by atoms with Crippen molar-refractivity contribution in [1.82, 2.24) is 4.90 Å². The number of anilines is 1. The highest BCUT2D eigenvalue weighted by atomic mass is 16.3. The Labute approximate surface area is 110 Å². The Morgan fingerprint density at radius 2 is 1.89 bits per heavy atom. The first-order valence-corrected chi connectivity index (χ1v) is 6.77. The van der Waals surface area contributed by atoms with E-state index in [4.69, 9.17) is 0 Å². The van der Waals surface area contributed by atoms with Gasteiger partial charge in [0, 0.05) is 38.4 Å². The maximum absolute atomic E-state index is 9.30. The van der Waals surface area contributed by atoms with Gasteiger partial charge >= 0.3 is 0 Å². The molecule has 1 aliphatic rings. The van der Waals surface area contributed by atoms with Gasteiger partial charge in [-0.3, -0.25) is 4.90 Å². The second kappa shape index (κ2) is 6.21. The molecule has 1 radical (unpaired) electrons. The first kappa shape index (κ1) is 13.4. The first-order valence-electron chi connectivity index (χ1n) is 6.77. The van der Waals surface area contributed by atoms with Crippen molar-refractivity contribution >= 4 is 5.69 Å². The molecule has 0 amide bonds. The van der Waals surface area contributed by atoms with Crippen LogP contribution in [0.5, 0.6) is 0 Å². The number of hydrogen-bond donors (Lipinski definition) is 1. The molecule has 0 aliphatic carbocycles. The summed E-state index contributed by atoms with van der Waals surface area (Å²) in [6.45, 7) is 10.6. The number of para-hydroxylation sites is 1. The molecule has 1 aliphatic heterocycles. The third kappa shape index (κ3) is 3.24. The van der Waals surface area contributed by atoms with Gasteiger partial charge in [-0.1, -0.05) is 25.1 Å². The fourth-order valence-corrected chi connectivity index (χ4v) is 2.59. The van der Waals surface area contributed by atoms with Gasteiger partial charge in [0.05, 0.1) is 6.10 Å². The van der Waals surface area contributed by atoms with Gasteiger partial charge in [-0.05, 0) is 25.0 Å². The van der Waals surface area contributed by atoms with Gasteiger partial charge in [0.1, 0.15) is 0 Å². The van der Waals surface area contributed by atoms with Crippen molar-refractivity contribution in [2.45, 2.75) is 19.4 Å². The van der Waals surface area contributed by atoms with Crippen molar-refractivity contribution in [2.75, 3.05) is 37.6 Å². The van der Waals surface area contributed by atoms with E-state index in [9.17, 15) is 5.11 Å². The highest BCUT2D eigenvalue weighted by molar-refractivity contribution is 5.54. The first-order chi connectivity index (χ1) is 8.70. The van der Waals surface area contributed by atoms with Crippen molar-refractivity contribution in [3.05, 3.63) is 36.8 Å². The zero-order valence-corrected chi connectivity index (χ0v) is 11.2. The number of hydrogen-bond acceptors (Lipinski definition) is 3. The second-order valence-electron chi connectivity index (χ2n) is 4.92. The molecule has 1 aromatic rings. The minimum atomic E-state index is -0.473. The molecule has 1 unspecified atom stereocenters. The lowest BCUT2D eigenvalue weighted by Crippen LogP contribution is -2.48. The summed E-state index contributed by atoms with van der Waals surface area (Å²) >= 11 is 0. The van der Waals surface area contributed by atoms with Crippen LogP contribution in [0, 0.1) is 6.92 Å². The Balaban J connectivity index is 1.97. The van der Waals surface area contributed by atoms with Gasteiger partial charge in [0.15, 0.2) is 0 Å². The van der Waals surface area contributed by atoms with Crippen LogP contribution in [-0.4, -0.2) is 48.8 Å². The summed E-state index contributed by atoms with van der Waals surface area (Å²) in [5.74, 6) is 0.